The van der Waals surface area contributed by atoms with Gasteiger partial charge in [0.1, 0.15) is 0 Å². The van der Waals surface area contributed by atoms with Gasteiger partial charge in [-0.05, 0) is 39.0 Å². The van der Waals surface area contributed by atoms with E-state index >= 15 is 0 Å². The average Bonchev–Trinajstić information content (AvgIpc) is 2.76. The minimum absolute atomic E-state index is 0.0874. The van der Waals surface area contributed by atoms with Crippen LogP contribution in [0, 0.1) is 5.41 Å². The largest absolute Gasteiger partial charge is 0.338 e. The third kappa shape index (κ3) is 3.37. The quantitative estimate of drug-likeness (QED) is 0.884. The van der Waals surface area contributed by atoms with Crippen LogP contribution in [0.4, 0.5) is 0 Å². The zero-order valence-electron chi connectivity index (χ0n) is 13.3. The van der Waals surface area contributed by atoms with Crippen LogP contribution in [0.15, 0.2) is 4.52 Å². The van der Waals surface area contributed by atoms with E-state index in [1.165, 1.54) is 0 Å². The van der Waals surface area contributed by atoms with E-state index in [0.29, 0.717) is 5.89 Å². The predicted molar refractivity (Wildman–Crippen MR) is 78.2 cm³/mol. The zero-order chi connectivity index (χ0) is 14.9. The smallest absolute Gasteiger partial charge is 0.244 e. The van der Waals surface area contributed by atoms with Crippen molar-refractivity contribution in [1.29, 1.82) is 0 Å². The van der Waals surface area contributed by atoms with Crippen molar-refractivity contribution < 1.29 is 4.52 Å². The van der Waals surface area contributed by atoms with Gasteiger partial charge in [-0.3, -0.25) is 4.90 Å². The summed E-state index contributed by atoms with van der Waals surface area (Å²) < 4.78 is 5.40. The van der Waals surface area contributed by atoms with Gasteiger partial charge in [-0.2, -0.15) is 4.98 Å². The number of aromatic nitrogens is 2. The molecule has 0 spiro atoms. The Morgan fingerprint density at radius 3 is 2.65 bits per heavy atom. The van der Waals surface area contributed by atoms with Crippen molar-refractivity contribution in [3.8, 4) is 0 Å². The molecule has 1 aliphatic heterocycles. The third-order valence-electron chi connectivity index (χ3n) is 4.02. The first-order chi connectivity index (χ1) is 9.29. The number of nitrogens with two attached hydrogens (primary N) is 1. The molecule has 20 heavy (non-hydrogen) atoms. The first-order valence-electron chi connectivity index (χ1n) is 7.27. The number of rotatable bonds is 2. The fraction of sp³-hybridized carbons (Fsp3) is 0.857. The van der Waals surface area contributed by atoms with Gasteiger partial charge in [0.25, 0.3) is 0 Å². The van der Waals surface area contributed by atoms with E-state index in [1.807, 2.05) is 0 Å². The lowest BCUT2D eigenvalue weighted by atomic mass is 9.87. The molecule has 2 unspecified atom stereocenters. The summed E-state index contributed by atoms with van der Waals surface area (Å²) in [7, 11) is 4.25. The molecule has 2 rings (SSSR count). The van der Waals surface area contributed by atoms with Gasteiger partial charge in [0, 0.05) is 6.54 Å². The van der Waals surface area contributed by atoms with E-state index in [-0.39, 0.29) is 17.5 Å². The van der Waals surface area contributed by atoms with E-state index < -0.39 is 0 Å². The van der Waals surface area contributed by atoms with Crippen LogP contribution in [0.2, 0.25) is 0 Å². The molecule has 1 fully saturated rings. The normalized spacial score (nSPS) is 24.6. The molecule has 0 bridgehead atoms. The van der Waals surface area contributed by atoms with Crippen molar-refractivity contribution >= 4 is 0 Å². The molecule has 0 saturated carbocycles. The molecule has 0 aromatic carbocycles. The number of hydrogen-bond acceptors (Lipinski definition) is 6. The number of likely N-dealkylation sites (N-methyl/N-ethyl adjacent to an activating group) is 2. The Labute approximate surface area is 121 Å². The van der Waals surface area contributed by atoms with Gasteiger partial charge in [0.05, 0.1) is 12.1 Å². The molecule has 0 aliphatic carbocycles. The molecule has 1 saturated heterocycles. The van der Waals surface area contributed by atoms with Gasteiger partial charge in [-0.1, -0.05) is 25.9 Å². The van der Waals surface area contributed by atoms with Crippen molar-refractivity contribution in [2.75, 3.05) is 33.7 Å². The van der Waals surface area contributed by atoms with E-state index in [1.54, 1.807) is 0 Å². The summed E-state index contributed by atoms with van der Waals surface area (Å²) in [6.45, 7) is 9.30. The molecular weight excluding hydrogens is 254 g/mol. The van der Waals surface area contributed by atoms with Gasteiger partial charge in [0.2, 0.25) is 5.89 Å². The van der Waals surface area contributed by atoms with E-state index in [9.17, 15) is 0 Å². The Morgan fingerprint density at radius 2 is 2.00 bits per heavy atom. The topological polar surface area (TPSA) is 71.4 Å². The van der Waals surface area contributed by atoms with Crippen LogP contribution < -0.4 is 5.73 Å². The maximum absolute atomic E-state index is 6.19. The van der Waals surface area contributed by atoms with Crippen molar-refractivity contribution in [2.24, 2.45) is 11.1 Å². The second-order valence-corrected chi connectivity index (χ2v) is 6.95. The molecule has 1 aromatic heterocycles. The Kier molecular flexibility index (Phi) is 4.46. The summed E-state index contributed by atoms with van der Waals surface area (Å²) in [5.74, 6) is 1.28. The molecule has 1 aliphatic rings. The van der Waals surface area contributed by atoms with Gasteiger partial charge in [0.15, 0.2) is 5.82 Å². The van der Waals surface area contributed by atoms with Gasteiger partial charge in [-0.25, -0.2) is 0 Å². The fourth-order valence-electron chi connectivity index (χ4n) is 2.43. The van der Waals surface area contributed by atoms with Gasteiger partial charge in [-0.15, -0.1) is 0 Å². The monoisotopic (exact) mass is 281 g/mol. The summed E-state index contributed by atoms with van der Waals surface area (Å²) in [6.07, 6.45) is 1.16. The minimum Gasteiger partial charge on any atom is -0.338 e. The maximum Gasteiger partial charge on any atom is 0.244 e. The summed E-state index contributed by atoms with van der Waals surface area (Å²) in [5, 5.41) is 4.17. The fourth-order valence-corrected chi connectivity index (χ4v) is 2.43. The van der Waals surface area contributed by atoms with Crippen molar-refractivity contribution in [2.45, 2.75) is 39.3 Å². The number of nitrogens with zero attached hydrogens (tertiary/aromatic N) is 4. The SMILES string of the molecule is CN1CCCN(C)C(c2noc(C(N)C(C)(C)C)n2)C1. The lowest BCUT2D eigenvalue weighted by Crippen LogP contribution is -2.31. The second-order valence-electron chi connectivity index (χ2n) is 6.95. The summed E-state index contributed by atoms with van der Waals surface area (Å²) in [5.41, 5.74) is 6.10. The highest BCUT2D eigenvalue weighted by atomic mass is 16.5. The van der Waals surface area contributed by atoms with Crippen molar-refractivity contribution in [3.63, 3.8) is 0 Å². The molecule has 114 valence electrons. The molecule has 2 heterocycles. The molecule has 0 amide bonds. The molecule has 2 atom stereocenters. The third-order valence-corrected chi connectivity index (χ3v) is 4.02. The highest BCUT2D eigenvalue weighted by molar-refractivity contribution is 5.01. The Balaban J connectivity index is 2.18. The van der Waals surface area contributed by atoms with Crippen LogP contribution in [0.5, 0.6) is 0 Å². The van der Waals surface area contributed by atoms with Crippen molar-refractivity contribution in [1.82, 2.24) is 19.9 Å². The first kappa shape index (κ1) is 15.4. The van der Waals surface area contributed by atoms with Crippen molar-refractivity contribution in [3.05, 3.63) is 11.7 Å². The standard InChI is InChI=1S/C14H27N5O/c1-14(2,3)11(15)13-16-12(17-20-13)10-9-18(4)7-6-8-19(10)5/h10-11H,6-9,15H2,1-5H3. The minimum atomic E-state index is -0.238. The molecule has 6 nitrogen and oxygen atoms in total. The predicted octanol–water partition coefficient (Wildman–Crippen LogP) is 1.42. The molecule has 1 aromatic rings. The average molecular weight is 281 g/mol. The van der Waals surface area contributed by atoms with Crippen LogP contribution in [-0.2, 0) is 0 Å². The van der Waals surface area contributed by atoms with E-state index in [0.717, 1.165) is 31.9 Å². The molecule has 0 radical (unpaired) electrons. The lowest BCUT2D eigenvalue weighted by molar-refractivity contribution is 0.213. The molecule has 6 heteroatoms. The first-order valence-corrected chi connectivity index (χ1v) is 7.27. The van der Waals surface area contributed by atoms with E-state index in [2.05, 4.69) is 54.8 Å². The number of hydrogen-bond donors (Lipinski definition) is 1. The highest BCUT2D eigenvalue weighted by Crippen LogP contribution is 2.30. The summed E-state index contributed by atoms with van der Waals surface area (Å²) >= 11 is 0. The molecular formula is C14H27N5O. The zero-order valence-corrected chi connectivity index (χ0v) is 13.3. The lowest BCUT2D eigenvalue weighted by Gasteiger charge is -2.25. The summed E-state index contributed by atoms with van der Waals surface area (Å²) in [4.78, 5) is 9.16. The van der Waals surface area contributed by atoms with E-state index in [4.69, 9.17) is 10.3 Å². The second kappa shape index (κ2) is 5.79. The molecule has 2 N–H and O–H groups in total. The highest BCUT2D eigenvalue weighted by Gasteiger charge is 2.31. The Hall–Kier alpha value is -0.980. The summed E-state index contributed by atoms with van der Waals surface area (Å²) in [6, 6.07) is -0.0651. The van der Waals surface area contributed by atoms with Crippen LogP contribution in [0.25, 0.3) is 0 Å². The van der Waals surface area contributed by atoms with Crippen LogP contribution in [0.1, 0.15) is 51.0 Å². The van der Waals surface area contributed by atoms with Gasteiger partial charge >= 0.3 is 0 Å². The maximum atomic E-state index is 6.19. The van der Waals surface area contributed by atoms with Crippen LogP contribution >= 0.6 is 0 Å². The van der Waals surface area contributed by atoms with Gasteiger partial charge < -0.3 is 15.2 Å². The van der Waals surface area contributed by atoms with Crippen LogP contribution in [0.3, 0.4) is 0 Å². The Morgan fingerprint density at radius 1 is 1.30 bits per heavy atom. The van der Waals surface area contributed by atoms with Crippen LogP contribution in [-0.4, -0.2) is 53.7 Å². The Bertz CT molecular complexity index is 439.